The number of carbonyl (C=O) groups is 1. The lowest BCUT2D eigenvalue weighted by molar-refractivity contribution is -0.115. The minimum atomic E-state index is -0.0213. The first-order valence-electron chi connectivity index (χ1n) is 6.79. The fraction of sp³-hybridized carbons (Fsp3) is 0.0556. The van der Waals surface area contributed by atoms with E-state index in [-0.39, 0.29) is 5.91 Å². The monoisotopic (exact) mass is 277 g/mol. The SMILES string of the molecule is O=C(Cc1ccccc1)Nc1ccc(-c2ccco2)cc1. The maximum atomic E-state index is 12.0. The first-order chi connectivity index (χ1) is 10.3. The summed E-state index contributed by atoms with van der Waals surface area (Å²) in [7, 11) is 0. The Balaban J connectivity index is 1.64. The highest BCUT2D eigenvalue weighted by molar-refractivity contribution is 5.92. The Morgan fingerprint density at radius 3 is 2.33 bits per heavy atom. The van der Waals surface area contributed by atoms with Crippen LogP contribution in [0.1, 0.15) is 5.56 Å². The standard InChI is InChI=1S/C18H15NO2/c20-18(13-14-5-2-1-3-6-14)19-16-10-8-15(9-11-16)17-7-4-12-21-17/h1-12H,13H2,(H,19,20). The third-order valence-corrected chi connectivity index (χ3v) is 3.18. The van der Waals surface area contributed by atoms with Crippen molar-refractivity contribution in [2.24, 2.45) is 0 Å². The van der Waals surface area contributed by atoms with Gasteiger partial charge in [0.1, 0.15) is 5.76 Å². The van der Waals surface area contributed by atoms with Gasteiger partial charge in [-0.1, -0.05) is 30.3 Å². The minimum absolute atomic E-state index is 0.0213. The lowest BCUT2D eigenvalue weighted by atomic mass is 10.1. The van der Waals surface area contributed by atoms with Crippen LogP contribution in [0.2, 0.25) is 0 Å². The van der Waals surface area contributed by atoms with Crippen LogP contribution in [0.4, 0.5) is 5.69 Å². The van der Waals surface area contributed by atoms with Crippen LogP contribution in [0.5, 0.6) is 0 Å². The van der Waals surface area contributed by atoms with E-state index in [4.69, 9.17) is 4.42 Å². The third kappa shape index (κ3) is 3.39. The molecular formula is C18H15NO2. The van der Waals surface area contributed by atoms with Crippen molar-refractivity contribution in [1.29, 1.82) is 0 Å². The molecule has 0 aliphatic carbocycles. The molecule has 0 saturated heterocycles. The van der Waals surface area contributed by atoms with Crippen LogP contribution in [0.15, 0.2) is 77.4 Å². The van der Waals surface area contributed by atoms with Gasteiger partial charge in [-0.3, -0.25) is 4.79 Å². The number of benzene rings is 2. The van der Waals surface area contributed by atoms with Gasteiger partial charge in [0.05, 0.1) is 12.7 Å². The van der Waals surface area contributed by atoms with Crippen molar-refractivity contribution in [3.05, 3.63) is 78.6 Å². The number of carbonyl (C=O) groups excluding carboxylic acids is 1. The highest BCUT2D eigenvalue weighted by atomic mass is 16.3. The van der Waals surface area contributed by atoms with E-state index in [2.05, 4.69) is 5.32 Å². The Morgan fingerprint density at radius 1 is 0.905 bits per heavy atom. The van der Waals surface area contributed by atoms with E-state index in [0.717, 1.165) is 22.6 Å². The van der Waals surface area contributed by atoms with Crippen molar-refractivity contribution in [2.75, 3.05) is 5.32 Å². The van der Waals surface area contributed by atoms with Crippen LogP contribution >= 0.6 is 0 Å². The molecule has 104 valence electrons. The number of nitrogens with one attached hydrogen (secondary N) is 1. The third-order valence-electron chi connectivity index (χ3n) is 3.18. The van der Waals surface area contributed by atoms with E-state index in [1.165, 1.54) is 0 Å². The zero-order valence-electron chi connectivity index (χ0n) is 11.5. The van der Waals surface area contributed by atoms with Crippen LogP contribution in [0.3, 0.4) is 0 Å². The smallest absolute Gasteiger partial charge is 0.228 e. The summed E-state index contributed by atoms with van der Waals surface area (Å²) >= 11 is 0. The molecule has 0 bridgehead atoms. The molecule has 2 aromatic carbocycles. The molecule has 0 spiro atoms. The molecular weight excluding hydrogens is 262 g/mol. The summed E-state index contributed by atoms with van der Waals surface area (Å²) in [5, 5.41) is 2.89. The maximum absolute atomic E-state index is 12.0. The average Bonchev–Trinajstić information content (AvgIpc) is 3.03. The van der Waals surface area contributed by atoms with Gasteiger partial charge in [0.2, 0.25) is 5.91 Å². The van der Waals surface area contributed by atoms with E-state index < -0.39 is 0 Å². The largest absolute Gasteiger partial charge is 0.464 e. The van der Waals surface area contributed by atoms with Crippen LogP contribution in [-0.2, 0) is 11.2 Å². The molecule has 0 fully saturated rings. The second-order valence-electron chi connectivity index (χ2n) is 4.77. The van der Waals surface area contributed by atoms with Gasteiger partial charge in [0.15, 0.2) is 0 Å². The summed E-state index contributed by atoms with van der Waals surface area (Å²) in [5.41, 5.74) is 2.77. The molecule has 3 rings (SSSR count). The van der Waals surface area contributed by atoms with Crippen molar-refractivity contribution < 1.29 is 9.21 Å². The van der Waals surface area contributed by atoms with Crippen LogP contribution in [0, 0.1) is 0 Å². The summed E-state index contributed by atoms with van der Waals surface area (Å²) < 4.78 is 5.33. The minimum Gasteiger partial charge on any atom is -0.464 e. The summed E-state index contributed by atoms with van der Waals surface area (Å²) in [6.45, 7) is 0. The van der Waals surface area contributed by atoms with Gasteiger partial charge in [-0.25, -0.2) is 0 Å². The Kier molecular flexibility index (Phi) is 3.83. The van der Waals surface area contributed by atoms with Crippen molar-refractivity contribution in [3.8, 4) is 11.3 Å². The summed E-state index contributed by atoms with van der Waals surface area (Å²) in [6, 6.07) is 21.1. The number of furan rings is 1. The highest BCUT2D eigenvalue weighted by Gasteiger charge is 2.05. The first-order valence-corrected chi connectivity index (χ1v) is 6.79. The van der Waals surface area contributed by atoms with Gasteiger partial charge in [-0.15, -0.1) is 0 Å². The summed E-state index contributed by atoms with van der Waals surface area (Å²) in [4.78, 5) is 12.0. The molecule has 0 aliphatic rings. The molecule has 1 heterocycles. The molecule has 3 nitrogen and oxygen atoms in total. The zero-order chi connectivity index (χ0) is 14.5. The molecule has 1 aromatic heterocycles. The Morgan fingerprint density at radius 2 is 1.67 bits per heavy atom. The lowest BCUT2D eigenvalue weighted by Gasteiger charge is -2.06. The van der Waals surface area contributed by atoms with Gasteiger partial charge < -0.3 is 9.73 Å². The molecule has 21 heavy (non-hydrogen) atoms. The van der Waals surface area contributed by atoms with E-state index in [1.807, 2.05) is 66.7 Å². The number of hydrogen-bond donors (Lipinski definition) is 1. The predicted octanol–water partition coefficient (Wildman–Crippen LogP) is 4.13. The van der Waals surface area contributed by atoms with Gasteiger partial charge >= 0.3 is 0 Å². The zero-order valence-corrected chi connectivity index (χ0v) is 11.5. The fourth-order valence-corrected chi connectivity index (χ4v) is 2.15. The normalized spacial score (nSPS) is 10.3. The fourth-order valence-electron chi connectivity index (χ4n) is 2.15. The lowest BCUT2D eigenvalue weighted by Crippen LogP contribution is -2.14. The molecule has 0 saturated carbocycles. The molecule has 1 N–H and O–H groups in total. The van der Waals surface area contributed by atoms with Crippen molar-refractivity contribution in [1.82, 2.24) is 0 Å². The quantitative estimate of drug-likeness (QED) is 0.779. The van der Waals surface area contributed by atoms with Gasteiger partial charge in [-0.2, -0.15) is 0 Å². The number of hydrogen-bond acceptors (Lipinski definition) is 2. The molecule has 1 amide bonds. The number of rotatable bonds is 4. The summed E-state index contributed by atoms with van der Waals surface area (Å²) in [5.74, 6) is 0.795. The Bertz CT molecular complexity index is 701. The number of amides is 1. The van der Waals surface area contributed by atoms with Crippen LogP contribution in [0.25, 0.3) is 11.3 Å². The summed E-state index contributed by atoms with van der Waals surface area (Å²) in [6.07, 6.45) is 2.02. The average molecular weight is 277 g/mol. The van der Waals surface area contributed by atoms with Gasteiger partial charge in [-0.05, 0) is 42.0 Å². The van der Waals surface area contributed by atoms with Gasteiger partial charge in [0.25, 0.3) is 0 Å². The van der Waals surface area contributed by atoms with Crippen LogP contribution in [-0.4, -0.2) is 5.91 Å². The molecule has 0 radical (unpaired) electrons. The molecule has 0 aliphatic heterocycles. The van der Waals surface area contributed by atoms with E-state index in [1.54, 1.807) is 6.26 Å². The first kappa shape index (κ1) is 13.2. The molecule has 3 aromatic rings. The molecule has 3 heteroatoms. The van der Waals surface area contributed by atoms with Crippen LogP contribution < -0.4 is 5.32 Å². The Labute approximate surface area is 123 Å². The highest BCUT2D eigenvalue weighted by Crippen LogP contribution is 2.21. The molecule has 0 atom stereocenters. The maximum Gasteiger partial charge on any atom is 0.228 e. The van der Waals surface area contributed by atoms with E-state index >= 15 is 0 Å². The predicted molar refractivity (Wildman–Crippen MR) is 82.9 cm³/mol. The van der Waals surface area contributed by atoms with E-state index in [0.29, 0.717) is 6.42 Å². The van der Waals surface area contributed by atoms with Crippen molar-refractivity contribution in [2.45, 2.75) is 6.42 Å². The van der Waals surface area contributed by atoms with Crippen molar-refractivity contribution >= 4 is 11.6 Å². The topological polar surface area (TPSA) is 42.2 Å². The second-order valence-corrected chi connectivity index (χ2v) is 4.77. The Hall–Kier alpha value is -2.81. The van der Waals surface area contributed by atoms with Gasteiger partial charge in [0, 0.05) is 11.3 Å². The van der Waals surface area contributed by atoms with E-state index in [9.17, 15) is 4.79 Å². The second kappa shape index (κ2) is 6.09. The van der Waals surface area contributed by atoms with Crippen molar-refractivity contribution in [3.63, 3.8) is 0 Å². The molecule has 0 unspecified atom stereocenters. The number of anilines is 1.